The van der Waals surface area contributed by atoms with Crippen molar-refractivity contribution in [2.45, 2.75) is 46.1 Å². The molecule has 2 aromatic heterocycles. The fraction of sp³-hybridized carbons (Fsp3) is 0.471. The van der Waals surface area contributed by atoms with E-state index in [0.29, 0.717) is 18.1 Å². The zero-order chi connectivity index (χ0) is 17.9. The maximum atomic E-state index is 5.97. The van der Waals surface area contributed by atoms with Gasteiger partial charge >= 0.3 is 0 Å². The summed E-state index contributed by atoms with van der Waals surface area (Å²) in [6, 6.07) is 1.88. The van der Waals surface area contributed by atoms with Crippen LogP contribution in [-0.4, -0.2) is 21.6 Å². The van der Waals surface area contributed by atoms with Gasteiger partial charge in [0, 0.05) is 24.4 Å². The summed E-state index contributed by atoms with van der Waals surface area (Å²) in [5.41, 5.74) is 12.6. The highest BCUT2D eigenvalue weighted by Gasteiger charge is 2.25. The van der Waals surface area contributed by atoms with Gasteiger partial charge in [-0.2, -0.15) is 4.98 Å². The first-order valence-corrected chi connectivity index (χ1v) is 7.94. The molecule has 0 aliphatic heterocycles. The average molecular weight is 331 g/mol. The standard InChI is InChI=1S/C17H25N5O2/c1-6-23-17(4,5)14-7-12(11(8-20-14)10(2)3)24-13-9-21-16(19)22-15(13)18/h7-10H,6H2,1-5H3,(H4,18,19,21,22). The van der Waals surface area contributed by atoms with Gasteiger partial charge in [-0.15, -0.1) is 0 Å². The second-order valence-electron chi connectivity index (χ2n) is 6.29. The highest BCUT2D eigenvalue weighted by atomic mass is 16.5. The third-order valence-electron chi connectivity index (χ3n) is 3.66. The van der Waals surface area contributed by atoms with E-state index in [4.69, 9.17) is 20.9 Å². The Kier molecular flexibility index (Phi) is 5.23. The summed E-state index contributed by atoms with van der Waals surface area (Å²) >= 11 is 0. The van der Waals surface area contributed by atoms with Crippen LogP contribution in [0.25, 0.3) is 0 Å². The van der Waals surface area contributed by atoms with E-state index in [9.17, 15) is 0 Å². The maximum absolute atomic E-state index is 5.97. The quantitative estimate of drug-likeness (QED) is 0.836. The van der Waals surface area contributed by atoms with Gasteiger partial charge in [-0.25, -0.2) is 4.98 Å². The normalized spacial score (nSPS) is 11.8. The molecule has 7 heteroatoms. The SMILES string of the molecule is CCOC(C)(C)c1cc(Oc2cnc(N)nc2N)c(C(C)C)cn1. The van der Waals surface area contributed by atoms with E-state index >= 15 is 0 Å². The minimum atomic E-state index is -0.522. The van der Waals surface area contributed by atoms with Crippen molar-refractivity contribution in [3.8, 4) is 11.5 Å². The molecule has 0 saturated heterocycles. The second kappa shape index (κ2) is 7.00. The lowest BCUT2D eigenvalue weighted by molar-refractivity contribution is -0.0174. The lowest BCUT2D eigenvalue weighted by Gasteiger charge is -2.25. The van der Waals surface area contributed by atoms with Crippen molar-refractivity contribution in [1.82, 2.24) is 15.0 Å². The number of rotatable bonds is 6. The zero-order valence-corrected chi connectivity index (χ0v) is 14.8. The summed E-state index contributed by atoms with van der Waals surface area (Å²) in [7, 11) is 0. The fourth-order valence-electron chi connectivity index (χ4n) is 2.33. The Morgan fingerprint density at radius 2 is 1.83 bits per heavy atom. The van der Waals surface area contributed by atoms with Crippen LogP contribution in [0.1, 0.15) is 51.8 Å². The highest BCUT2D eigenvalue weighted by molar-refractivity contribution is 5.50. The first kappa shape index (κ1) is 17.9. The number of hydrogen-bond donors (Lipinski definition) is 2. The van der Waals surface area contributed by atoms with Crippen molar-refractivity contribution in [3.05, 3.63) is 29.7 Å². The number of hydrogen-bond acceptors (Lipinski definition) is 7. The Bertz CT molecular complexity index is 716. The topological polar surface area (TPSA) is 109 Å². The Hall–Kier alpha value is -2.41. The van der Waals surface area contributed by atoms with E-state index in [1.165, 1.54) is 6.20 Å². The number of nitrogens with zero attached hydrogens (tertiary/aromatic N) is 3. The molecule has 0 saturated carbocycles. The second-order valence-corrected chi connectivity index (χ2v) is 6.29. The number of pyridine rings is 1. The van der Waals surface area contributed by atoms with Gasteiger partial charge in [0.1, 0.15) is 11.4 Å². The summed E-state index contributed by atoms with van der Waals surface area (Å²) in [6.45, 7) is 10.6. The van der Waals surface area contributed by atoms with Crippen molar-refractivity contribution >= 4 is 11.8 Å². The van der Waals surface area contributed by atoms with Crippen molar-refractivity contribution in [3.63, 3.8) is 0 Å². The first-order valence-electron chi connectivity index (χ1n) is 7.94. The molecular formula is C17H25N5O2. The molecule has 0 amide bonds. The Morgan fingerprint density at radius 3 is 2.42 bits per heavy atom. The zero-order valence-electron chi connectivity index (χ0n) is 14.8. The van der Waals surface area contributed by atoms with Gasteiger partial charge in [0.05, 0.1) is 11.9 Å². The molecule has 0 unspecified atom stereocenters. The molecule has 7 nitrogen and oxygen atoms in total. The van der Waals surface area contributed by atoms with E-state index < -0.39 is 5.60 Å². The molecule has 0 aliphatic carbocycles. The summed E-state index contributed by atoms with van der Waals surface area (Å²) in [5, 5.41) is 0. The molecule has 130 valence electrons. The lowest BCUT2D eigenvalue weighted by Crippen LogP contribution is -2.23. The van der Waals surface area contributed by atoms with E-state index in [1.807, 2.05) is 33.0 Å². The smallest absolute Gasteiger partial charge is 0.222 e. The van der Waals surface area contributed by atoms with Crippen LogP contribution in [0.4, 0.5) is 11.8 Å². The van der Waals surface area contributed by atoms with Crippen molar-refractivity contribution in [1.29, 1.82) is 0 Å². The Morgan fingerprint density at radius 1 is 1.12 bits per heavy atom. The summed E-state index contributed by atoms with van der Waals surface area (Å²) in [5.74, 6) is 1.55. The maximum Gasteiger partial charge on any atom is 0.222 e. The van der Waals surface area contributed by atoms with E-state index in [0.717, 1.165) is 11.3 Å². The minimum Gasteiger partial charge on any atom is -0.451 e. The van der Waals surface area contributed by atoms with Crippen molar-refractivity contribution in [2.75, 3.05) is 18.1 Å². The van der Waals surface area contributed by atoms with Crippen LogP contribution in [-0.2, 0) is 10.3 Å². The van der Waals surface area contributed by atoms with Gasteiger partial charge < -0.3 is 20.9 Å². The number of aromatic nitrogens is 3. The van der Waals surface area contributed by atoms with Crippen LogP contribution < -0.4 is 16.2 Å². The molecule has 0 spiro atoms. The third kappa shape index (κ3) is 3.91. The van der Waals surface area contributed by atoms with Gasteiger partial charge in [0.15, 0.2) is 11.6 Å². The fourth-order valence-corrected chi connectivity index (χ4v) is 2.33. The average Bonchev–Trinajstić information content (AvgIpc) is 2.49. The van der Waals surface area contributed by atoms with Crippen molar-refractivity contribution < 1.29 is 9.47 Å². The van der Waals surface area contributed by atoms with Crippen LogP contribution in [0.2, 0.25) is 0 Å². The molecule has 0 aromatic carbocycles. The van der Waals surface area contributed by atoms with Gasteiger partial charge in [0.25, 0.3) is 0 Å². The van der Waals surface area contributed by atoms with Gasteiger partial charge in [-0.05, 0) is 26.7 Å². The summed E-state index contributed by atoms with van der Waals surface area (Å²) < 4.78 is 11.7. The molecule has 0 bridgehead atoms. The Labute approximate surface area is 142 Å². The number of ether oxygens (including phenoxy) is 2. The van der Waals surface area contributed by atoms with Crippen LogP contribution in [0, 0.1) is 0 Å². The molecule has 4 N–H and O–H groups in total. The molecule has 24 heavy (non-hydrogen) atoms. The first-order chi connectivity index (χ1) is 11.2. The van der Waals surface area contributed by atoms with Crippen molar-refractivity contribution in [2.24, 2.45) is 0 Å². The van der Waals surface area contributed by atoms with Gasteiger partial charge in [-0.3, -0.25) is 4.98 Å². The molecule has 0 aliphatic rings. The number of nitrogen functional groups attached to an aromatic ring is 2. The van der Waals surface area contributed by atoms with E-state index in [1.54, 1.807) is 0 Å². The van der Waals surface area contributed by atoms with Crippen LogP contribution in [0.3, 0.4) is 0 Å². The summed E-state index contributed by atoms with van der Waals surface area (Å²) in [4.78, 5) is 12.4. The third-order valence-corrected chi connectivity index (χ3v) is 3.66. The molecule has 0 radical (unpaired) electrons. The van der Waals surface area contributed by atoms with Crippen LogP contribution in [0.15, 0.2) is 18.5 Å². The van der Waals surface area contributed by atoms with Gasteiger partial charge in [-0.1, -0.05) is 13.8 Å². The Balaban J connectivity index is 2.45. The van der Waals surface area contributed by atoms with Crippen LogP contribution in [0.5, 0.6) is 11.5 Å². The van der Waals surface area contributed by atoms with Gasteiger partial charge in [0.2, 0.25) is 5.95 Å². The monoisotopic (exact) mass is 331 g/mol. The van der Waals surface area contributed by atoms with E-state index in [-0.39, 0.29) is 17.7 Å². The minimum absolute atomic E-state index is 0.108. The number of nitrogens with two attached hydrogens (primary N) is 2. The largest absolute Gasteiger partial charge is 0.451 e. The van der Waals surface area contributed by atoms with Crippen LogP contribution >= 0.6 is 0 Å². The van der Waals surface area contributed by atoms with E-state index in [2.05, 4.69) is 28.8 Å². The summed E-state index contributed by atoms with van der Waals surface area (Å²) in [6.07, 6.45) is 3.28. The predicted molar refractivity (Wildman–Crippen MR) is 93.9 cm³/mol. The molecule has 2 aromatic rings. The highest BCUT2D eigenvalue weighted by Crippen LogP contribution is 2.35. The molecule has 2 rings (SSSR count). The lowest BCUT2D eigenvalue weighted by atomic mass is 9.99. The molecular weight excluding hydrogens is 306 g/mol. The molecule has 0 atom stereocenters. The predicted octanol–water partition coefficient (Wildman–Crippen LogP) is 3.22. The molecule has 2 heterocycles. The molecule has 0 fully saturated rings. The number of anilines is 2.